The predicted molar refractivity (Wildman–Crippen MR) is 115 cm³/mol. The van der Waals surface area contributed by atoms with Crippen molar-refractivity contribution in [3.63, 3.8) is 0 Å². The van der Waals surface area contributed by atoms with E-state index in [-0.39, 0.29) is 28.6 Å². The van der Waals surface area contributed by atoms with Crippen LogP contribution in [0.3, 0.4) is 0 Å². The van der Waals surface area contributed by atoms with E-state index < -0.39 is 0 Å². The van der Waals surface area contributed by atoms with Crippen LogP contribution in [0.4, 0.5) is 0 Å². The Balaban J connectivity index is 1.20. The second-order valence-electron chi connectivity index (χ2n) is 10.8. The lowest BCUT2D eigenvalue weighted by molar-refractivity contribution is -0.167. The lowest BCUT2D eigenvalue weighted by Gasteiger charge is -2.47. The number of fused-ring (bicyclic) bond motifs is 2. The molecule has 164 valence electrons. The number of amides is 2. The van der Waals surface area contributed by atoms with Crippen molar-refractivity contribution in [1.29, 1.82) is 0 Å². The van der Waals surface area contributed by atoms with Crippen molar-refractivity contribution >= 4 is 11.8 Å². The summed E-state index contributed by atoms with van der Waals surface area (Å²) in [6, 6.07) is 0.836. The summed E-state index contributed by atoms with van der Waals surface area (Å²) in [4.78, 5) is 32.9. The van der Waals surface area contributed by atoms with Gasteiger partial charge in [0.2, 0.25) is 11.8 Å². The highest BCUT2D eigenvalue weighted by Gasteiger charge is 2.64. The molecule has 2 atom stereocenters. The third-order valence-corrected chi connectivity index (χ3v) is 9.11. The van der Waals surface area contributed by atoms with Gasteiger partial charge in [-0.1, -0.05) is 40.0 Å². The molecule has 2 heterocycles. The van der Waals surface area contributed by atoms with Crippen molar-refractivity contribution in [2.24, 2.45) is 16.7 Å². The van der Waals surface area contributed by atoms with Crippen LogP contribution in [0.1, 0.15) is 78.6 Å². The molecule has 4 rings (SSSR count). The zero-order valence-electron chi connectivity index (χ0n) is 18.9. The van der Waals surface area contributed by atoms with E-state index in [1.807, 2.05) is 0 Å². The predicted octanol–water partition coefficient (Wildman–Crippen LogP) is 3.53. The molecule has 4 fully saturated rings. The Labute approximate surface area is 177 Å². The number of carbonyl (C=O) groups excluding carboxylic acids is 2. The molecule has 0 radical (unpaired) electrons. The highest BCUT2D eigenvalue weighted by Crippen LogP contribution is 2.60. The second kappa shape index (κ2) is 8.30. The maximum Gasteiger partial charge on any atom is 0.235 e. The number of unbranched alkanes of at least 4 members (excludes halogenated alkanes) is 1. The number of likely N-dealkylation sites (tertiary alicyclic amines) is 1. The zero-order chi connectivity index (χ0) is 20.6. The minimum atomic E-state index is -0.360. The molecule has 2 aliphatic heterocycles. The first-order valence-electron chi connectivity index (χ1n) is 12.2. The summed E-state index contributed by atoms with van der Waals surface area (Å²) >= 11 is 0. The number of piperazine rings is 1. The van der Waals surface area contributed by atoms with Crippen LogP contribution in [-0.2, 0) is 9.59 Å². The number of imide groups is 1. The average Bonchev–Trinajstić information content (AvgIpc) is 2.92. The SMILES string of the molecule is CC1(C)[C@H]2CC[C@]1(C)C(=O)N(CCCCN1CCN(C3CCCCC3)CC1)C2=O. The minimum absolute atomic E-state index is 0.0260. The lowest BCUT2D eigenvalue weighted by Crippen LogP contribution is -2.59. The monoisotopic (exact) mass is 403 g/mol. The fourth-order valence-electron chi connectivity index (χ4n) is 6.52. The molecule has 2 aliphatic carbocycles. The molecule has 4 aliphatic rings. The second-order valence-corrected chi connectivity index (χ2v) is 10.8. The van der Waals surface area contributed by atoms with E-state index in [4.69, 9.17) is 0 Å². The van der Waals surface area contributed by atoms with E-state index >= 15 is 0 Å². The first kappa shape index (κ1) is 21.3. The molecule has 0 N–H and O–H groups in total. The fourth-order valence-corrected chi connectivity index (χ4v) is 6.52. The van der Waals surface area contributed by atoms with Crippen molar-refractivity contribution < 1.29 is 9.59 Å². The molecule has 0 unspecified atom stereocenters. The van der Waals surface area contributed by atoms with Gasteiger partial charge in [0.25, 0.3) is 0 Å². The molecule has 0 aromatic carbocycles. The van der Waals surface area contributed by atoms with Gasteiger partial charge in [0.05, 0.1) is 5.41 Å². The van der Waals surface area contributed by atoms with E-state index in [0.29, 0.717) is 6.54 Å². The van der Waals surface area contributed by atoms with E-state index in [1.54, 1.807) is 4.90 Å². The topological polar surface area (TPSA) is 43.9 Å². The van der Waals surface area contributed by atoms with Crippen LogP contribution in [0, 0.1) is 16.7 Å². The molecular formula is C24H41N3O2. The molecule has 0 aromatic heterocycles. The quantitative estimate of drug-likeness (QED) is 0.503. The Hall–Kier alpha value is -0.940. The molecule has 2 amide bonds. The first-order valence-corrected chi connectivity index (χ1v) is 12.2. The summed E-state index contributed by atoms with van der Waals surface area (Å²) in [7, 11) is 0. The number of carbonyl (C=O) groups is 2. The number of hydrogen-bond donors (Lipinski definition) is 0. The molecule has 5 heteroatoms. The Kier molecular flexibility index (Phi) is 6.09. The van der Waals surface area contributed by atoms with Crippen molar-refractivity contribution in [2.45, 2.75) is 84.6 Å². The van der Waals surface area contributed by atoms with Crippen LogP contribution in [0.5, 0.6) is 0 Å². The minimum Gasteiger partial charge on any atom is -0.301 e. The van der Waals surface area contributed by atoms with Gasteiger partial charge in [0.15, 0.2) is 0 Å². The molecule has 2 saturated heterocycles. The van der Waals surface area contributed by atoms with Crippen LogP contribution in [0.2, 0.25) is 0 Å². The summed E-state index contributed by atoms with van der Waals surface area (Å²) in [5.74, 6) is 0.205. The summed E-state index contributed by atoms with van der Waals surface area (Å²) in [5.41, 5.74) is -0.559. The average molecular weight is 404 g/mol. The van der Waals surface area contributed by atoms with E-state index in [0.717, 1.165) is 38.3 Å². The summed E-state index contributed by atoms with van der Waals surface area (Å²) in [6.45, 7) is 12.8. The Morgan fingerprint density at radius 3 is 2.21 bits per heavy atom. The molecule has 2 bridgehead atoms. The first-order chi connectivity index (χ1) is 13.8. The number of nitrogens with zero attached hydrogens (tertiary/aromatic N) is 3. The Morgan fingerprint density at radius 1 is 0.862 bits per heavy atom. The summed E-state index contributed by atoms with van der Waals surface area (Å²) in [5, 5.41) is 0. The highest BCUT2D eigenvalue weighted by atomic mass is 16.2. The van der Waals surface area contributed by atoms with Gasteiger partial charge in [-0.2, -0.15) is 0 Å². The molecular weight excluding hydrogens is 362 g/mol. The van der Waals surface area contributed by atoms with Gasteiger partial charge < -0.3 is 4.90 Å². The smallest absolute Gasteiger partial charge is 0.235 e. The van der Waals surface area contributed by atoms with Crippen LogP contribution in [0.25, 0.3) is 0 Å². The maximum atomic E-state index is 13.1. The molecule has 5 nitrogen and oxygen atoms in total. The number of rotatable bonds is 6. The van der Waals surface area contributed by atoms with E-state index in [9.17, 15) is 9.59 Å². The number of hydrogen-bond acceptors (Lipinski definition) is 4. The van der Waals surface area contributed by atoms with Gasteiger partial charge in [0.1, 0.15) is 0 Å². The van der Waals surface area contributed by atoms with Crippen molar-refractivity contribution in [1.82, 2.24) is 14.7 Å². The highest BCUT2D eigenvalue weighted by molar-refractivity contribution is 6.03. The van der Waals surface area contributed by atoms with Gasteiger partial charge in [0, 0.05) is 44.7 Å². The summed E-state index contributed by atoms with van der Waals surface area (Å²) in [6.07, 6.45) is 10.8. The third kappa shape index (κ3) is 3.78. The van der Waals surface area contributed by atoms with Gasteiger partial charge in [-0.15, -0.1) is 0 Å². The molecule has 0 spiro atoms. The van der Waals surface area contributed by atoms with Gasteiger partial charge in [-0.3, -0.25) is 19.4 Å². The number of piperidine rings is 1. The lowest BCUT2D eigenvalue weighted by atomic mass is 9.62. The molecule has 29 heavy (non-hydrogen) atoms. The van der Waals surface area contributed by atoms with E-state index in [1.165, 1.54) is 58.3 Å². The third-order valence-electron chi connectivity index (χ3n) is 9.11. The maximum absolute atomic E-state index is 13.1. The molecule has 0 aromatic rings. The van der Waals surface area contributed by atoms with Crippen LogP contribution in [0.15, 0.2) is 0 Å². The largest absolute Gasteiger partial charge is 0.301 e. The zero-order valence-corrected chi connectivity index (χ0v) is 18.9. The normalized spacial score (nSPS) is 34.2. The van der Waals surface area contributed by atoms with Gasteiger partial charge >= 0.3 is 0 Å². The van der Waals surface area contributed by atoms with Crippen LogP contribution in [-0.4, -0.2) is 71.8 Å². The fraction of sp³-hybridized carbons (Fsp3) is 0.917. The van der Waals surface area contributed by atoms with Crippen molar-refractivity contribution in [3.05, 3.63) is 0 Å². The van der Waals surface area contributed by atoms with E-state index in [2.05, 4.69) is 30.6 Å². The molecule has 2 saturated carbocycles. The van der Waals surface area contributed by atoms with Crippen LogP contribution < -0.4 is 0 Å². The Bertz CT molecular complexity index is 620. The van der Waals surface area contributed by atoms with Gasteiger partial charge in [-0.25, -0.2) is 0 Å². The van der Waals surface area contributed by atoms with Gasteiger partial charge in [-0.05, 0) is 50.5 Å². The van der Waals surface area contributed by atoms with Crippen molar-refractivity contribution in [3.8, 4) is 0 Å². The standard InChI is InChI=1S/C24H41N3O2/c1-23(2)20-11-12-24(23,3)22(29)27(21(20)28)14-8-7-13-25-15-17-26(18-16-25)19-9-5-4-6-10-19/h19-20H,4-18H2,1-3H3/t20-,24+/m0/s1. The summed E-state index contributed by atoms with van der Waals surface area (Å²) < 4.78 is 0. The Morgan fingerprint density at radius 2 is 1.52 bits per heavy atom. The van der Waals surface area contributed by atoms with Crippen molar-refractivity contribution in [2.75, 3.05) is 39.3 Å². The van der Waals surface area contributed by atoms with Crippen LogP contribution >= 0.6 is 0 Å².